The smallest absolute Gasteiger partial charge is 0.257 e. The van der Waals surface area contributed by atoms with Crippen LogP contribution in [0, 0.1) is 6.92 Å². The van der Waals surface area contributed by atoms with E-state index in [1.54, 1.807) is 31.2 Å². The number of nitrogens with one attached hydrogen (secondary N) is 1. The van der Waals surface area contributed by atoms with Crippen molar-refractivity contribution in [3.05, 3.63) is 76.2 Å². The first kappa shape index (κ1) is 21.3. The maximum absolute atomic E-state index is 13.1. The molecule has 2 aromatic carbocycles. The maximum atomic E-state index is 13.1. The summed E-state index contributed by atoms with van der Waals surface area (Å²) in [7, 11) is 0. The summed E-state index contributed by atoms with van der Waals surface area (Å²) in [5.74, 6) is 0.787. The van der Waals surface area contributed by atoms with Gasteiger partial charge in [-0.05, 0) is 38.1 Å². The van der Waals surface area contributed by atoms with Gasteiger partial charge in [-0.25, -0.2) is 4.98 Å². The van der Waals surface area contributed by atoms with Crippen LogP contribution in [0.1, 0.15) is 18.2 Å². The average molecular weight is 407 g/mol. The number of nitrogens with zero attached hydrogens (tertiary/aromatic N) is 2. The zero-order valence-corrected chi connectivity index (χ0v) is 17.1. The number of carbonyl (C=O) groups is 1. The lowest BCUT2D eigenvalue weighted by Gasteiger charge is -2.16. The van der Waals surface area contributed by atoms with Gasteiger partial charge in [0.15, 0.2) is 0 Å². The zero-order valence-electron chi connectivity index (χ0n) is 17.1. The third kappa shape index (κ3) is 4.93. The van der Waals surface area contributed by atoms with Gasteiger partial charge in [0.25, 0.3) is 5.56 Å². The van der Waals surface area contributed by atoms with Gasteiger partial charge in [0.1, 0.15) is 18.1 Å². The van der Waals surface area contributed by atoms with Crippen LogP contribution in [0.3, 0.4) is 0 Å². The number of carbonyl (C=O) groups excluding carboxylic acids is 1. The van der Waals surface area contributed by atoms with Crippen molar-refractivity contribution in [1.82, 2.24) is 9.55 Å². The Labute approximate surface area is 175 Å². The van der Waals surface area contributed by atoms with Crippen molar-refractivity contribution in [2.75, 3.05) is 18.5 Å². The summed E-state index contributed by atoms with van der Waals surface area (Å²) >= 11 is 0. The number of aromatic nitrogens is 2. The Morgan fingerprint density at radius 3 is 2.47 bits per heavy atom. The van der Waals surface area contributed by atoms with E-state index >= 15 is 0 Å². The molecule has 0 saturated carbocycles. The second-order valence-corrected chi connectivity index (χ2v) is 6.74. The van der Waals surface area contributed by atoms with Crippen LogP contribution in [0.4, 0.5) is 5.69 Å². The molecule has 0 fully saturated rings. The molecule has 3 aromatic rings. The van der Waals surface area contributed by atoms with E-state index < -0.39 is 0 Å². The Kier molecular flexibility index (Phi) is 6.98. The molecular formula is C23H25N3O4. The van der Waals surface area contributed by atoms with Crippen LogP contribution >= 0.6 is 0 Å². The van der Waals surface area contributed by atoms with Crippen molar-refractivity contribution in [1.29, 1.82) is 0 Å². The Bertz CT molecular complexity index is 1060. The summed E-state index contributed by atoms with van der Waals surface area (Å²) < 4.78 is 6.76. The molecule has 0 aliphatic heterocycles. The van der Waals surface area contributed by atoms with E-state index in [0.29, 0.717) is 29.4 Å². The Morgan fingerprint density at radius 2 is 1.83 bits per heavy atom. The number of amides is 1. The molecule has 0 atom stereocenters. The standard InChI is InChI=1S/C23H25N3O4/c1-3-30-19-11-9-18(10-12-19)25-21(28)15-26-22(17-7-5-4-6-8-17)24-16(2)20(13-14-27)23(26)29/h4-12,27H,3,13-15H2,1-2H3,(H,25,28). The summed E-state index contributed by atoms with van der Waals surface area (Å²) in [4.78, 5) is 30.4. The number of aliphatic hydroxyl groups is 1. The predicted molar refractivity (Wildman–Crippen MR) is 116 cm³/mol. The monoisotopic (exact) mass is 407 g/mol. The first-order chi connectivity index (χ1) is 14.5. The lowest BCUT2D eigenvalue weighted by atomic mass is 10.1. The molecule has 1 heterocycles. The molecule has 7 heteroatoms. The topological polar surface area (TPSA) is 93.4 Å². The zero-order chi connectivity index (χ0) is 21.5. The van der Waals surface area contributed by atoms with E-state index in [2.05, 4.69) is 10.3 Å². The molecule has 0 aliphatic rings. The maximum Gasteiger partial charge on any atom is 0.257 e. The number of anilines is 1. The fourth-order valence-corrected chi connectivity index (χ4v) is 3.20. The minimum absolute atomic E-state index is 0.166. The molecule has 7 nitrogen and oxygen atoms in total. The van der Waals surface area contributed by atoms with Crippen molar-refractivity contribution in [2.24, 2.45) is 0 Å². The molecule has 0 radical (unpaired) electrons. The number of ether oxygens (including phenoxy) is 1. The third-order valence-corrected chi connectivity index (χ3v) is 4.61. The highest BCUT2D eigenvalue weighted by molar-refractivity contribution is 5.90. The fourth-order valence-electron chi connectivity index (χ4n) is 3.20. The number of hydrogen-bond donors (Lipinski definition) is 2. The molecule has 0 spiro atoms. The molecule has 1 aromatic heterocycles. The quantitative estimate of drug-likeness (QED) is 0.599. The first-order valence-electron chi connectivity index (χ1n) is 9.82. The number of rotatable bonds is 8. The minimum Gasteiger partial charge on any atom is -0.494 e. The molecule has 0 saturated heterocycles. The van der Waals surface area contributed by atoms with Crippen LogP contribution in [0.15, 0.2) is 59.4 Å². The molecule has 1 amide bonds. The highest BCUT2D eigenvalue weighted by Gasteiger charge is 2.17. The van der Waals surface area contributed by atoms with Crippen LogP contribution in [0.25, 0.3) is 11.4 Å². The summed E-state index contributed by atoms with van der Waals surface area (Å²) in [6, 6.07) is 16.3. The lowest BCUT2D eigenvalue weighted by Crippen LogP contribution is -2.33. The molecule has 2 N–H and O–H groups in total. The van der Waals surface area contributed by atoms with Crippen molar-refractivity contribution in [3.63, 3.8) is 0 Å². The van der Waals surface area contributed by atoms with Gasteiger partial charge < -0.3 is 15.2 Å². The van der Waals surface area contributed by atoms with Gasteiger partial charge >= 0.3 is 0 Å². The van der Waals surface area contributed by atoms with Crippen molar-refractivity contribution in [2.45, 2.75) is 26.8 Å². The van der Waals surface area contributed by atoms with Gasteiger partial charge in [0, 0.05) is 35.5 Å². The van der Waals surface area contributed by atoms with Gasteiger partial charge in [0.2, 0.25) is 5.91 Å². The van der Waals surface area contributed by atoms with E-state index in [4.69, 9.17) is 4.74 Å². The van der Waals surface area contributed by atoms with Crippen LogP contribution in [0.5, 0.6) is 5.75 Å². The van der Waals surface area contributed by atoms with E-state index in [1.807, 2.05) is 37.3 Å². The molecule has 0 aliphatic carbocycles. The minimum atomic E-state index is -0.348. The molecule has 156 valence electrons. The lowest BCUT2D eigenvalue weighted by molar-refractivity contribution is -0.116. The van der Waals surface area contributed by atoms with Gasteiger partial charge in [-0.2, -0.15) is 0 Å². The number of aryl methyl sites for hydroxylation is 1. The summed E-state index contributed by atoms with van der Waals surface area (Å²) in [6.07, 6.45) is 0.188. The SMILES string of the molecule is CCOc1ccc(NC(=O)Cn2c(-c3ccccc3)nc(C)c(CCO)c2=O)cc1. The van der Waals surface area contributed by atoms with E-state index in [1.165, 1.54) is 4.57 Å². The van der Waals surface area contributed by atoms with Crippen molar-refractivity contribution in [3.8, 4) is 17.1 Å². The normalized spacial score (nSPS) is 10.6. The number of hydrogen-bond acceptors (Lipinski definition) is 5. The number of aliphatic hydroxyl groups excluding tert-OH is 1. The van der Waals surface area contributed by atoms with Crippen molar-refractivity contribution < 1.29 is 14.6 Å². The van der Waals surface area contributed by atoms with E-state index in [9.17, 15) is 14.7 Å². The molecule has 0 unspecified atom stereocenters. The molecule has 30 heavy (non-hydrogen) atoms. The predicted octanol–water partition coefficient (Wildman–Crippen LogP) is 2.79. The second-order valence-electron chi connectivity index (χ2n) is 6.74. The van der Waals surface area contributed by atoms with Crippen LogP contribution in [-0.4, -0.2) is 33.8 Å². The average Bonchev–Trinajstić information content (AvgIpc) is 2.75. The van der Waals surface area contributed by atoms with E-state index in [-0.39, 0.29) is 31.0 Å². The fraction of sp³-hybridized carbons (Fsp3) is 0.261. The largest absolute Gasteiger partial charge is 0.494 e. The van der Waals surface area contributed by atoms with Gasteiger partial charge in [0.05, 0.1) is 6.61 Å². The third-order valence-electron chi connectivity index (χ3n) is 4.61. The Morgan fingerprint density at radius 1 is 1.13 bits per heavy atom. The Hall–Kier alpha value is -3.45. The van der Waals surface area contributed by atoms with Gasteiger partial charge in [-0.3, -0.25) is 14.2 Å². The van der Waals surface area contributed by atoms with Crippen molar-refractivity contribution >= 4 is 11.6 Å². The second kappa shape index (κ2) is 9.84. The molecular weight excluding hydrogens is 382 g/mol. The summed E-state index contributed by atoms with van der Waals surface area (Å²) in [5.41, 5.74) is 1.98. The summed E-state index contributed by atoms with van der Waals surface area (Å²) in [6.45, 7) is 3.85. The first-order valence-corrected chi connectivity index (χ1v) is 9.82. The van der Waals surface area contributed by atoms with E-state index in [0.717, 1.165) is 11.3 Å². The van der Waals surface area contributed by atoms with Crippen LogP contribution < -0.4 is 15.6 Å². The highest BCUT2D eigenvalue weighted by Crippen LogP contribution is 2.18. The van der Waals surface area contributed by atoms with Gasteiger partial charge in [-0.1, -0.05) is 30.3 Å². The number of benzene rings is 2. The van der Waals surface area contributed by atoms with Gasteiger partial charge in [-0.15, -0.1) is 0 Å². The molecule has 0 bridgehead atoms. The van der Waals surface area contributed by atoms with Crippen LogP contribution in [0.2, 0.25) is 0 Å². The van der Waals surface area contributed by atoms with Crippen LogP contribution in [-0.2, 0) is 17.8 Å². The molecule has 3 rings (SSSR count). The Balaban J connectivity index is 1.92. The highest BCUT2D eigenvalue weighted by atomic mass is 16.5. The summed E-state index contributed by atoms with van der Waals surface area (Å²) in [5, 5.41) is 12.1.